The molecule has 0 aliphatic carbocycles. The number of hydrogen-bond donors (Lipinski definition) is 0. The number of nitrogens with zero attached hydrogens (tertiary/aromatic N) is 2. The van der Waals surface area contributed by atoms with Gasteiger partial charge in [0.05, 0.1) is 5.69 Å². The molecule has 2 aromatic carbocycles. The summed E-state index contributed by atoms with van der Waals surface area (Å²) in [6.45, 7) is 1.94. The Bertz CT molecular complexity index is 725. The predicted molar refractivity (Wildman–Crippen MR) is 82.7 cm³/mol. The van der Waals surface area contributed by atoms with Gasteiger partial charge in [-0.15, -0.1) is 0 Å². The van der Waals surface area contributed by atoms with Gasteiger partial charge < -0.3 is 0 Å². The molecule has 0 unspecified atom stereocenters. The van der Waals surface area contributed by atoms with Gasteiger partial charge in [0.15, 0.2) is 5.82 Å². The van der Waals surface area contributed by atoms with E-state index in [0.717, 1.165) is 22.4 Å². The van der Waals surface area contributed by atoms with Gasteiger partial charge in [-0.05, 0) is 6.92 Å². The largest absolute Gasteiger partial charge is 0.228 e. The van der Waals surface area contributed by atoms with E-state index in [0.29, 0.717) is 11.0 Å². The Hall–Kier alpha value is -2.19. The second-order valence-electron chi connectivity index (χ2n) is 4.54. The molecule has 0 bridgehead atoms. The van der Waals surface area contributed by atoms with Crippen LogP contribution in [-0.2, 0) is 0 Å². The molecule has 3 rings (SSSR count). The molecule has 2 nitrogen and oxygen atoms in total. The first kappa shape index (κ1) is 12.8. The van der Waals surface area contributed by atoms with Crippen molar-refractivity contribution >= 4 is 11.6 Å². The Labute approximate surface area is 123 Å². The van der Waals surface area contributed by atoms with Crippen LogP contribution < -0.4 is 0 Å². The molecule has 3 aromatic rings. The van der Waals surface area contributed by atoms with Crippen molar-refractivity contribution in [2.45, 2.75) is 6.92 Å². The molecule has 0 fully saturated rings. The molecule has 98 valence electrons. The predicted octanol–water partition coefficient (Wildman–Crippen LogP) is 4.77. The molecular weight excluding hydrogens is 268 g/mol. The lowest BCUT2D eigenvalue weighted by Gasteiger charge is -2.09. The lowest BCUT2D eigenvalue weighted by Crippen LogP contribution is -1.97. The zero-order valence-corrected chi connectivity index (χ0v) is 11.8. The topological polar surface area (TPSA) is 25.8 Å². The van der Waals surface area contributed by atoms with Gasteiger partial charge in [0.25, 0.3) is 0 Å². The van der Waals surface area contributed by atoms with Crippen LogP contribution in [0.25, 0.3) is 22.6 Å². The van der Waals surface area contributed by atoms with Gasteiger partial charge in [-0.2, -0.15) is 0 Å². The molecule has 1 heterocycles. The van der Waals surface area contributed by atoms with E-state index in [1.54, 1.807) is 0 Å². The maximum atomic E-state index is 6.27. The first-order valence-corrected chi connectivity index (χ1v) is 6.78. The van der Waals surface area contributed by atoms with Gasteiger partial charge >= 0.3 is 0 Å². The summed E-state index contributed by atoms with van der Waals surface area (Å²) in [5.74, 6) is 0.653. The SMILES string of the molecule is Cc1c(Cl)nc(-c2ccccc2)nc1-c1ccccc1. The van der Waals surface area contributed by atoms with Crippen LogP contribution in [0.15, 0.2) is 60.7 Å². The van der Waals surface area contributed by atoms with E-state index in [2.05, 4.69) is 9.97 Å². The van der Waals surface area contributed by atoms with Gasteiger partial charge in [0.1, 0.15) is 5.15 Å². The van der Waals surface area contributed by atoms with Crippen LogP contribution in [0.2, 0.25) is 5.15 Å². The third-order valence-electron chi connectivity index (χ3n) is 3.17. The zero-order chi connectivity index (χ0) is 13.9. The number of aromatic nitrogens is 2. The minimum atomic E-state index is 0.498. The Morgan fingerprint density at radius 1 is 0.750 bits per heavy atom. The van der Waals surface area contributed by atoms with Gasteiger partial charge in [0.2, 0.25) is 0 Å². The van der Waals surface area contributed by atoms with Crippen LogP contribution >= 0.6 is 11.6 Å². The highest BCUT2D eigenvalue weighted by Gasteiger charge is 2.12. The molecule has 20 heavy (non-hydrogen) atoms. The van der Waals surface area contributed by atoms with E-state index in [4.69, 9.17) is 11.6 Å². The minimum Gasteiger partial charge on any atom is -0.228 e. The molecule has 0 saturated heterocycles. The molecule has 1 aromatic heterocycles. The summed E-state index contributed by atoms with van der Waals surface area (Å²) in [5.41, 5.74) is 3.79. The van der Waals surface area contributed by atoms with Crippen LogP contribution in [0.5, 0.6) is 0 Å². The molecular formula is C17H13ClN2. The van der Waals surface area contributed by atoms with Gasteiger partial charge in [-0.25, -0.2) is 9.97 Å². The number of halogens is 1. The molecule has 0 N–H and O–H groups in total. The van der Waals surface area contributed by atoms with Crippen molar-refractivity contribution in [1.82, 2.24) is 9.97 Å². The highest BCUT2D eigenvalue weighted by Crippen LogP contribution is 2.28. The summed E-state index contributed by atoms with van der Waals surface area (Å²) in [6.07, 6.45) is 0. The Morgan fingerprint density at radius 2 is 1.30 bits per heavy atom. The van der Waals surface area contributed by atoms with E-state index in [9.17, 15) is 0 Å². The van der Waals surface area contributed by atoms with Crippen LogP contribution in [0, 0.1) is 6.92 Å². The first-order chi connectivity index (χ1) is 9.75. The molecule has 0 radical (unpaired) electrons. The Morgan fingerprint density at radius 3 is 1.90 bits per heavy atom. The van der Waals surface area contributed by atoms with Crippen LogP contribution in [-0.4, -0.2) is 9.97 Å². The molecule has 0 atom stereocenters. The fourth-order valence-electron chi connectivity index (χ4n) is 2.08. The van der Waals surface area contributed by atoms with E-state index in [1.165, 1.54) is 0 Å². The summed E-state index contributed by atoms with van der Waals surface area (Å²) in [5, 5.41) is 0.498. The molecule has 0 aliphatic rings. The monoisotopic (exact) mass is 280 g/mol. The van der Waals surface area contributed by atoms with Crippen molar-refractivity contribution in [3.05, 3.63) is 71.4 Å². The minimum absolute atomic E-state index is 0.498. The standard InChI is InChI=1S/C17H13ClN2/c1-12-15(13-8-4-2-5-9-13)19-17(20-16(12)18)14-10-6-3-7-11-14/h2-11H,1H3. The van der Waals surface area contributed by atoms with Crippen molar-refractivity contribution < 1.29 is 0 Å². The van der Waals surface area contributed by atoms with Crippen molar-refractivity contribution in [1.29, 1.82) is 0 Å². The highest BCUT2D eigenvalue weighted by atomic mass is 35.5. The van der Waals surface area contributed by atoms with E-state index < -0.39 is 0 Å². The van der Waals surface area contributed by atoms with E-state index in [-0.39, 0.29) is 0 Å². The van der Waals surface area contributed by atoms with Crippen LogP contribution in [0.3, 0.4) is 0 Å². The smallest absolute Gasteiger partial charge is 0.161 e. The summed E-state index contributed by atoms with van der Waals surface area (Å²) >= 11 is 6.27. The van der Waals surface area contributed by atoms with E-state index in [1.807, 2.05) is 67.6 Å². The van der Waals surface area contributed by atoms with E-state index >= 15 is 0 Å². The highest BCUT2D eigenvalue weighted by molar-refractivity contribution is 6.30. The third kappa shape index (κ3) is 2.43. The molecule has 3 heteroatoms. The van der Waals surface area contributed by atoms with Crippen molar-refractivity contribution in [3.8, 4) is 22.6 Å². The summed E-state index contributed by atoms with van der Waals surface area (Å²) in [4.78, 5) is 9.06. The fraction of sp³-hybridized carbons (Fsp3) is 0.0588. The Balaban J connectivity index is 2.19. The maximum Gasteiger partial charge on any atom is 0.161 e. The van der Waals surface area contributed by atoms with Crippen molar-refractivity contribution in [2.24, 2.45) is 0 Å². The van der Waals surface area contributed by atoms with Crippen LogP contribution in [0.1, 0.15) is 5.56 Å². The lowest BCUT2D eigenvalue weighted by atomic mass is 10.1. The van der Waals surface area contributed by atoms with Crippen molar-refractivity contribution in [3.63, 3.8) is 0 Å². The average Bonchev–Trinajstić information content (AvgIpc) is 2.51. The maximum absolute atomic E-state index is 6.27. The fourth-order valence-corrected chi connectivity index (χ4v) is 2.25. The van der Waals surface area contributed by atoms with Crippen molar-refractivity contribution in [2.75, 3.05) is 0 Å². The number of hydrogen-bond acceptors (Lipinski definition) is 2. The first-order valence-electron chi connectivity index (χ1n) is 6.40. The number of rotatable bonds is 2. The van der Waals surface area contributed by atoms with Crippen LogP contribution in [0.4, 0.5) is 0 Å². The summed E-state index contributed by atoms with van der Waals surface area (Å²) in [6, 6.07) is 19.9. The number of benzene rings is 2. The molecule has 0 amide bonds. The average molecular weight is 281 g/mol. The molecule has 0 spiro atoms. The lowest BCUT2D eigenvalue weighted by molar-refractivity contribution is 1.14. The molecule has 0 saturated carbocycles. The quantitative estimate of drug-likeness (QED) is 0.632. The normalized spacial score (nSPS) is 10.5. The summed E-state index contributed by atoms with van der Waals surface area (Å²) < 4.78 is 0. The van der Waals surface area contributed by atoms with Gasteiger partial charge in [-0.1, -0.05) is 72.3 Å². The summed E-state index contributed by atoms with van der Waals surface area (Å²) in [7, 11) is 0. The Kier molecular flexibility index (Phi) is 3.48. The van der Waals surface area contributed by atoms with Gasteiger partial charge in [0, 0.05) is 16.7 Å². The molecule has 0 aliphatic heterocycles. The third-order valence-corrected chi connectivity index (χ3v) is 3.53. The zero-order valence-electron chi connectivity index (χ0n) is 11.0. The second-order valence-corrected chi connectivity index (χ2v) is 4.90. The van der Waals surface area contributed by atoms with Gasteiger partial charge in [-0.3, -0.25) is 0 Å². The second kappa shape index (κ2) is 5.43.